The molecule has 1 aliphatic rings. The van der Waals surface area contributed by atoms with Crippen LogP contribution in [0.1, 0.15) is 25.7 Å². The van der Waals surface area contributed by atoms with Crippen molar-refractivity contribution < 1.29 is 14.7 Å². The molecule has 2 atom stereocenters. The van der Waals surface area contributed by atoms with Crippen molar-refractivity contribution in [2.45, 2.75) is 25.7 Å². The van der Waals surface area contributed by atoms with Crippen LogP contribution < -0.4 is 5.32 Å². The van der Waals surface area contributed by atoms with Crippen LogP contribution in [0.5, 0.6) is 0 Å². The number of rotatable bonds is 6. The molecule has 15 heavy (non-hydrogen) atoms. The van der Waals surface area contributed by atoms with E-state index in [2.05, 4.69) is 5.32 Å². The molecule has 0 bridgehead atoms. The number of carbonyl (C=O) groups is 2. The highest BCUT2D eigenvalue weighted by Crippen LogP contribution is 2.38. The van der Waals surface area contributed by atoms with Gasteiger partial charge in [-0.3, -0.25) is 9.59 Å². The number of hydrogen-bond donors (Lipinski definition) is 2. The monoisotopic (exact) mass is 210 g/mol. The average Bonchev–Trinajstić information content (AvgIpc) is 2.96. The lowest BCUT2D eigenvalue weighted by molar-refractivity contribution is -0.140. The minimum Gasteiger partial charge on any atom is -0.481 e. The molecule has 0 radical (unpaired) electrons. The minimum absolute atomic E-state index is 0.167. The lowest BCUT2D eigenvalue weighted by Crippen LogP contribution is -2.27. The predicted octanol–water partition coefficient (Wildman–Crippen LogP) is 0.517. The largest absolute Gasteiger partial charge is 0.481 e. The Balaban J connectivity index is 2.06. The number of hydrogen-bond acceptors (Lipinski definition) is 3. The van der Waals surface area contributed by atoms with Gasteiger partial charge in [-0.1, -0.05) is 0 Å². The first-order valence-electron chi connectivity index (χ1n) is 5.04. The van der Waals surface area contributed by atoms with Crippen molar-refractivity contribution in [2.24, 2.45) is 11.8 Å². The third kappa shape index (κ3) is 3.58. The third-order valence-corrected chi connectivity index (χ3v) is 2.46. The first kappa shape index (κ1) is 11.5. The molecule has 0 aromatic rings. The quantitative estimate of drug-likeness (QED) is 0.625. The third-order valence-electron chi connectivity index (χ3n) is 2.46. The number of nitriles is 1. The smallest absolute Gasteiger partial charge is 0.307 e. The van der Waals surface area contributed by atoms with E-state index < -0.39 is 11.9 Å². The Bertz CT molecular complexity index is 296. The standard InChI is InChI=1S/C10H14N2O3/c11-4-2-1-3-5-12-9(13)7-6-8(7)10(14)15/h7-8H,1-3,5-6H2,(H,12,13)(H,14,15)/t7-,8+/m1/s1. The number of amides is 1. The van der Waals surface area contributed by atoms with E-state index in [1.54, 1.807) is 0 Å². The van der Waals surface area contributed by atoms with Gasteiger partial charge in [0.15, 0.2) is 0 Å². The van der Waals surface area contributed by atoms with E-state index in [4.69, 9.17) is 10.4 Å². The molecule has 2 N–H and O–H groups in total. The van der Waals surface area contributed by atoms with Crippen LogP contribution in [0, 0.1) is 23.2 Å². The highest BCUT2D eigenvalue weighted by atomic mass is 16.4. The van der Waals surface area contributed by atoms with Crippen molar-refractivity contribution in [1.82, 2.24) is 5.32 Å². The van der Waals surface area contributed by atoms with E-state index in [1.807, 2.05) is 6.07 Å². The lowest BCUT2D eigenvalue weighted by atomic mass is 10.2. The van der Waals surface area contributed by atoms with Crippen LogP contribution in [-0.2, 0) is 9.59 Å². The molecule has 5 nitrogen and oxygen atoms in total. The summed E-state index contributed by atoms with van der Waals surface area (Å²) in [6.07, 6.45) is 2.49. The summed E-state index contributed by atoms with van der Waals surface area (Å²) < 4.78 is 0. The lowest BCUT2D eigenvalue weighted by Gasteiger charge is -2.02. The van der Waals surface area contributed by atoms with Gasteiger partial charge in [-0.2, -0.15) is 5.26 Å². The van der Waals surface area contributed by atoms with Gasteiger partial charge in [0.2, 0.25) is 5.91 Å². The van der Waals surface area contributed by atoms with E-state index in [-0.39, 0.29) is 11.8 Å². The van der Waals surface area contributed by atoms with Crippen molar-refractivity contribution in [3.63, 3.8) is 0 Å². The predicted molar refractivity (Wildman–Crippen MR) is 51.7 cm³/mol. The van der Waals surface area contributed by atoms with Crippen molar-refractivity contribution in [3.8, 4) is 6.07 Å². The fourth-order valence-corrected chi connectivity index (χ4v) is 1.43. The molecule has 0 aromatic heterocycles. The zero-order chi connectivity index (χ0) is 11.3. The Hall–Kier alpha value is -1.57. The van der Waals surface area contributed by atoms with Crippen LogP contribution in [0.4, 0.5) is 0 Å². The van der Waals surface area contributed by atoms with E-state index >= 15 is 0 Å². The second kappa shape index (κ2) is 5.35. The number of carboxylic acids is 1. The average molecular weight is 210 g/mol. The van der Waals surface area contributed by atoms with E-state index in [1.165, 1.54) is 0 Å². The van der Waals surface area contributed by atoms with Crippen molar-refractivity contribution in [2.75, 3.05) is 6.54 Å². The van der Waals surface area contributed by atoms with E-state index in [0.717, 1.165) is 12.8 Å². The number of nitrogens with zero attached hydrogens (tertiary/aromatic N) is 1. The first-order chi connectivity index (χ1) is 7.16. The van der Waals surface area contributed by atoms with Crippen LogP contribution in [-0.4, -0.2) is 23.5 Å². The molecule has 0 aliphatic heterocycles. The summed E-state index contributed by atoms with van der Waals surface area (Å²) in [5.41, 5.74) is 0. The summed E-state index contributed by atoms with van der Waals surface area (Å²) >= 11 is 0. The van der Waals surface area contributed by atoms with E-state index in [0.29, 0.717) is 19.4 Å². The summed E-state index contributed by atoms with van der Waals surface area (Å²) in [7, 11) is 0. The number of unbranched alkanes of at least 4 members (excludes halogenated alkanes) is 2. The van der Waals surface area contributed by atoms with Crippen molar-refractivity contribution in [3.05, 3.63) is 0 Å². The zero-order valence-corrected chi connectivity index (χ0v) is 8.40. The molecule has 1 fully saturated rings. The van der Waals surface area contributed by atoms with Crippen molar-refractivity contribution in [1.29, 1.82) is 5.26 Å². The zero-order valence-electron chi connectivity index (χ0n) is 8.40. The molecule has 0 saturated heterocycles. The van der Waals surface area contributed by atoms with Crippen LogP contribution in [0.25, 0.3) is 0 Å². The number of carboxylic acid groups (broad SMARTS) is 1. The Labute approximate surface area is 88.1 Å². The van der Waals surface area contributed by atoms with Crippen LogP contribution in [0.2, 0.25) is 0 Å². The van der Waals surface area contributed by atoms with Gasteiger partial charge in [-0.15, -0.1) is 0 Å². The highest BCUT2D eigenvalue weighted by Gasteiger charge is 2.48. The maximum absolute atomic E-state index is 11.3. The SMILES string of the molecule is N#CCCCCNC(=O)[C@@H]1C[C@@H]1C(=O)O. The Morgan fingerprint density at radius 2 is 2.13 bits per heavy atom. The van der Waals surface area contributed by atoms with Gasteiger partial charge in [-0.25, -0.2) is 0 Å². The summed E-state index contributed by atoms with van der Waals surface area (Å²) in [6.45, 7) is 0.531. The number of carbonyl (C=O) groups excluding carboxylic acids is 1. The second-order valence-corrected chi connectivity index (χ2v) is 3.69. The van der Waals surface area contributed by atoms with Gasteiger partial charge in [0, 0.05) is 13.0 Å². The van der Waals surface area contributed by atoms with Gasteiger partial charge in [0.25, 0.3) is 0 Å². The molecule has 0 unspecified atom stereocenters. The molecule has 0 spiro atoms. The molecular formula is C10H14N2O3. The molecule has 0 aromatic carbocycles. The summed E-state index contributed by atoms with van der Waals surface area (Å²) in [6, 6.07) is 2.02. The van der Waals surface area contributed by atoms with Gasteiger partial charge in [0.05, 0.1) is 17.9 Å². The summed E-state index contributed by atoms with van der Waals surface area (Å²) in [4.78, 5) is 21.8. The Kier molecular flexibility index (Phi) is 4.10. The van der Waals surface area contributed by atoms with Gasteiger partial charge < -0.3 is 10.4 Å². The summed E-state index contributed by atoms with van der Waals surface area (Å²) in [5.74, 6) is -1.87. The molecular weight excluding hydrogens is 196 g/mol. The van der Waals surface area contributed by atoms with E-state index in [9.17, 15) is 9.59 Å². The molecule has 1 amide bonds. The molecule has 0 heterocycles. The van der Waals surface area contributed by atoms with Gasteiger partial charge in [-0.05, 0) is 19.3 Å². The van der Waals surface area contributed by atoms with Gasteiger partial charge >= 0.3 is 5.97 Å². The van der Waals surface area contributed by atoms with Crippen molar-refractivity contribution >= 4 is 11.9 Å². The van der Waals surface area contributed by atoms with Crippen LogP contribution in [0.3, 0.4) is 0 Å². The normalized spacial score (nSPS) is 22.9. The highest BCUT2D eigenvalue weighted by molar-refractivity contribution is 5.89. The molecule has 1 aliphatic carbocycles. The number of nitrogens with one attached hydrogen (secondary N) is 1. The van der Waals surface area contributed by atoms with Crippen LogP contribution in [0.15, 0.2) is 0 Å². The molecule has 1 saturated carbocycles. The fraction of sp³-hybridized carbons (Fsp3) is 0.700. The fourth-order valence-electron chi connectivity index (χ4n) is 1.43. The Morgan fingerprint density at radius 1 is 1.40 bits per heavy atom. The molecule has 82 valence electrons. The summed E-state index contributed by atoms with van der Waals surface area (Å²) in [5, 5.41) is 19.5. The maximum Gasteiger partial charge on any atom is 0.307 e. The first-order valence-corrected chi connectivity index (χ1v) is 5.04. The number of aliphatic carboxylic acids is 1. The minimum atomic E-state index is -0.889. The van der Waals surface area contributed by atoms with Gasteiger partial charge in [0.1, 0.15) is 0 Å². The maximum atomic E-state index is 11.3. The van der Waals surface area contributed by atoms with Crippen LogP contribution >= 0.6 is 0 Å². The Morgan fingerprint density at radius 3 is 2.67 bits per heavy atom. The topological polar surface area (TPSA) is 90.2 Å². The second-order valence-electron chi connectivity index (χ2n) is 3.69. The molecule has 5 heteroatoms. The molecule has 1 rings (SSSR count).